The van der Waals surface area contributed by atoms with Gasteiger partial charge in [0.05, 0.1) is 12.1 Å². The Hall–Kier alpha value is -1.55. The highest BCUT2D eigenvalue weighted by atomic mass is 28.3. The molecule has 2 rings (SSSR count). The monoisotopic (exact) mass is 261 g/mol. The molecule has 0 saturated heterocycles. The van der Waals surface area contributed by atoms with Crippen molar-refractivity contribution in [1.82, 2.24) is 4.57 Å². The van der Waals surface area contributed by atoms with Crippen molar-refractivity contribution in [3.05, 3.63) is 36.5 Å². The summed E-state index contributed by atoms with van der Waals surface area (Å²) >= 11 is 0. The molecule has 0 radical (unpaired) electrons. The number of rotatable bonds is 3. The highest BCUT2D eigenvalue weighted by Gasteiger charge is 2.15. The lowest BCUT2D eigenvalue weighted by Gasteiger charge is -2.15. The minimum Gasteiger partial charge on any atom is -0.449 e. The van der Waals surface area contributed by atoms with Gasteiger partial charge < -0.3 is 4.74 Å². The minimum atomic E-state index is -1.15. The van der Waals surface area contributed by atoms with E-state index in [4.69, 9.17) is 4.74 Å². The maximum Gasteiger partial charge on any atom is 0.418 e. The van der Waals surface area contributed by atoms with Crippen molar-refractivity contribution < 1.29 is 9.53 Å². The summed E-state index contributed by atoms with van der Waals surface area (Å²) in [6.07, 6.45) is 1.48. The molecule has 3 nitrogen and oxygen atoms in total. The number of hydrogen-bond donors (Lipinski definition) is 0. The fourth-order valence-electron chi connectivity index (χ4n) is 1.76. The summed E-state index contributed by atoms with van der Waals surface area (Å²) < 4.78 is 6.90. The number of nitrogens with zero attached hydrogens (tertiary/aromatic N) is 1. The Morgan fingerprint density at radius 3 is 2.67 bits per heavy atom. The second-order valence-corrected chi connectivity index (χ2v) is 11.3. The summed E-state index contributed by atoms with van der Waals surface area (Å²) in [4.78, 5) is 12.0. The van der Waals surface area contributed by atoms with Crippen LogP contribution in [0.2, 0.25) is 25.7 Å². The van der Waals surface area contributed by atoms with Crippen molar-refractivity contribution >= 4 is 25.1 Å². The standard InChI is InChI=1S/C14H19NO2Si/c1-18(2,3)11-10-17-14(16)15-9-8-12-6-4-5-7-13(12)15/h4-9H,10-11H2,1-3H3. The third-order valence-electron chi connectivity index (χ3n) is 2.87. The molecule has 1 heterocycles. The molecule has 0 unspecified atom stereocenters. The summed E-state index contributed by atoms with van der Waals surface area (Å²) in [5.74, 6) is 0. The van der Waals surface area contributed by atoms with Crippen LogP contribution in [0.4, 0.5) is 4.79 Å². The Labute approximate surface area is 108 Å². The van der Waals surface area contributed by atoms with Gasteiger partial charge in [-0.2, -0.15) is 0 Å². The summed E-state index contributed by atoms with van der Waals surface area (Å²) in [6.45, 7) is 7.32. The molecular formula is C14H19NO2Si. The summed E-state index contributed by atoms with van der Waals surface area (Å²) in [7, 11) is -1.15. The molecule has 0 N–H and O–H groups in total. The number of ether oxygens (including phenoxy) is 1. The molecule has 2 aromatic rings. The van der Waals surface area contributed by atoms with Gasteiger partial charge in [-0.05, 0) is 18.2 Å². The number of fused-ring (bicyclic) bond motifs is 1. The van der Waals surface area contributed by atoms with Crippen molar-refractivity contribution in [3.63, 3.8) is 0 Å². The molecule has 4 heteroatoms. The van der Waals surface area contributed by atoms with Crippen LogP contribution in [0.15, 0.2) is 36.5 Å². The summed E-state index contributed by atoms with van der Waals surface area (Å²) in [5.41, 5.74) is 0.899. The Bertz CT molecular complexity index is 554. The van der Waals surface area contributed by atoms with Crippen LogP contribution in [0, 0.1) is 0 Å². The third kappa shape index (κ3) is 3.01. The first-order chi connectivity index (χ1) is 8.47. The first kappa shape index (κ1) is 12.9. The van der Waals surface area contributed by atoms with E-state index in [9.17, 15) is 4.79 Å². The number of aromatic nitrogens is 1. The van der Waals surface area contributed by atoms with E-state index in [0.717, 1.165) is 16.9 Å². The van der Waals surface area contributed by atoms with Gasteiger partial charge in [-0.25, -0.2) is 4.79 Å². The number of para-hydroxylation sites is 1. The molecule has 0 amide bonds. The number of carbonyl (C=O) groups excluding carboxylic acids is 1. The van der Waals surface area contributed by atoms with Crippen LogP contribution < -0.4 is 0 Å². The number of hydrogen-bond acceptors (Lipinski definition) is 2. The lowest BCUT2D eigenvalue weighted by atomic mass is 10.2. The zero-order chi connectivity index (χ0) is 13.2. The van der Waals surface area contributed by atoms with Gasteiger partial charge in [0, 0.05) is 19.7 Å². The molecule has 0 saturated carbocycles. The Balaban J connectivity index is 2.05. The first-order valence-electron chi connectivity index (χ1n) is 6.21. The Morgan fingerprint density at radius 2 is 1.94 bits per heavy atom. The first-order valence-corrected chi connectivity index (χ1v) is 9.91. The van der Waals surface area contributed by atoms with Gasteiger partial charge in [0.25, 0.3) is 0 Å². The van der Waals surface area contributed by atoms with Gasteiger partial charge in [-0.1, -0.05) is 37.8 Å². The van der Waals surface area contributed by atoms with Crippen LogP contribution in [0.25, 0.3) is 10.9 Å². The molecule has 0 aliphatic carbocycles. The molecule has 96 valence electrons. The van der Waals surface area contributed by atoms with E-state index in [-0.39, 0.29) is 6.09 Å². The lowest BCUT2D eigenvalue weighted by Crippen LogP contribution is -2.23. The van der Waals surface area contributed by atoms with E-state index in [1.54, 1.807) is 10.8 Å². The number of benzene rings is 1. The van der Waals surface area contributed by atoms with Crippen LogP contribution in [0.3, 0.4) is 0 Å². The zero-order valence-corrected chi connectivity index (χ0v) is 12.1. The second kappa shape index (κ2) is 4.98. The maximum atomic E-state index is 12.0. The SMILES string of the molecule is C[Si](C)(C)CCOC(=O)n1ccc2ccccc21. The summed E-state index contributed by atoms with van der Waals surface area (Å²) in [5, 5.41) is 1.06. The van der Waals surface area contributed by atoms with Crippen LogP contribution in [0.5, 0.6) is 0 Å². The Kier molecular flexibility index (Phi) is 3.57. The molecule has 0 fully saturated rings. The topological polar surface area (TPSA) is 31.2 Å². The lowest BCUT2D eigenvalue weighted by molar-refractivity contribution is 0.154. The summed E-state index contributed by atoms with van der Waals surface area (Å²) in [6, 6.07) is 10.7. The van der Waals surface area contributed by atoms with E-state index in [0.29, 0.717) is 6.61 Å². The average Bonchev–Trinajstić information content (AvgIpc) is 2.70. The van der Waals surface area contributed by atoms with E-state index < -0.39 is 8.07 Å². The van der Waals surface area contributed by atoms with Crippen LogP contribution in [0.1, 0.15) is 0 Å². The van der Waals surface area contributed by atoms with E-state index >= 15 is 0 Å². The molecule has 18 heavy (non-hydrogen) atoms. The van der Waals surface area contributed by atoms with Crippen molar-refractivity contribution in [2.75, 3.05) is 6.61 Å². The Morgan fingerprint density at radius 1 is 1.22 bits per heavy atom. The molecule has 0 aliphatic heterocycles. The molecular weight excluding hydrogens is 242 g/mol. The molecule has 0 aliphatic rings. The van der Waals surface area contributed by atoms with Gasteiger partial charge in [0.15, 0.2) is 0 Å². The highest BCUT2D eigenvalue weighted by molar-refractivity contribution is 6.76. The van der Waals surface area contributed by atoms with Crippen LogP contribution in [-0.4, -0.2) is 25.3 Å². The normalized spacial score (nSPS) is 11.7. The van der Waals surface area contributed by atoms with E-state index in [1.807, 2.05) is 30.3 Å². The van der Waals surface area contributed by atoms with Gasteiger partial charge >= 0.3 is 6.09 Å². The molecule has 0 spiro atoms. The van der Waals surface area contributed by atoms with Crippen molar-refractivity contribution in [1.29, 1.82) is 0 Å². The zero-order valence-electron chi connectivity index (χ0n) is 11.1. The van der Waals surface area contributed by atoms with E-state index in [1.165, 1.54) is 0 Å². The predicted octanol–water partition coefficient (Wildman–Crippen LogP) is 3.96. The fraction of sp³-hybridized carbons (Fsp3) is 0.357. The van der Waals surface area contributed by atoms with Crippen LogP contribution >= 0.6 is 0 Å². The van der Waals surface area contributed by atoms with E-state index in [2.05, 4.69) is 19.6 Å². The fourth-order valence-corrected chi connectivity index (χ4v) is 2.47. The molecule has 0 atom stereocenters. The maximum absolute atomic E-state index is 12.0. The highest BCUT2D eigenvalue weighted by Crippen LogP contribution is 2.15. The minimum absolute atomic E-state index is 0.283. The van der Waals surface area contributed by atoms with Gasteiger partial charge in [-0.15, -0.1) is 0 Å². The van der Waals surface area contributed by atoms with Gasteiger partial charge in [0.2, 0.25) is 0 Å². The number of carbonyl (C=O) groups is 1. The molecule has 0 bridgehead atoms. The van der Waals surface area contributed by atoms with Crippen molar-refractivity contribution in [2.45, 2.75) is 25.7 Å². The van der Waals surface area contributed by atoms with Crippen molar-refractivity contribution in [2.24, 2.45) is 0 Å². The van der Waals surface area contributed by atoms with Crippen molar-refractivity contribution in [3.8, 4) is 0 Å². The third-order valence-corrected chi connectivity index (χ3v) is 4.58. The quantitative estimate of drug-likeness (QED) is 0.783. The second-order valence-electron chi connectivity index (χ2n) is 5.67. The van der Waals surface area contributed by atoms with Crippen LogP contribution in [-0.2, 0) is 4.74 Å². The average molecular weight is 261 g/mol. The van der Waals surface area contributed by atoms with Gasteiger partial charge in [-0.3, -0.25) is 4.57 Å². The predicted molar refractivity (Wildman–Crippen MR) is 76.8 cm³/mol. The molecule has 1 aromatic carbocycles. The smallest absolute Gasteiger partial charge is 0.418 e. The molecule has 1 aromatic heterocycles. The van der Waals surface area contributed by atoms with Gasteiger partial charge in [0.1, 0.15) is 0 Å². The largest absolute Gasteiger partial charge is 0.449 e.